The molecule has 0 fully saturated rings. The van der Waals surface area contributed by atoms with Crippen molar-refractivity contribution in [3.8, 4) is 11.5 Å². The Hall–Kier alpha value is -1.26. The van der Waals surface area contributed by atoms with Crippen LogP contribution in [0.25, 0.3) is 0 Å². The zero-order chi connectivity index (χ0) is 14.5. The molecule has 112 valence electrons. The van der Waals surface area contributed by atoms with Crippen LogP contribution >= 0.6 is 0 Å². The van der Waals surface area contributed by atoms with Crippen LogP contribution < -0.4 is 15.2 Å². The minimum absolute atomic E-state index is 0.0626. The number of benzene rings is 1. The lowest BCUT2D eigenvalue weighted by molar-refractivity contribution is 0.0856. The van der Waals surface area contributed by atoms with Crippen molar-refractivity contribution in [2.75, 3.05) is 19.8 Å². The molecule has 0 aromatic heterocycles. The van der Waals surface area contributed by atoms with Crippen molar-refractivity contribution in [3.63, 3.8) is 0 Å². The number of aliphatic hydroxyl groups is 1. The summed E-state index contributed by atoms with van der Waals surface area (Å²) in [7, 11) is 0. The van der Waals surface area contributed by atoms with E-state index in [9.17, 15) is 5.11 Å². The first-order chi connectivity index (χ1) is 9.67. The normalized spacial score (nSPS) is 18.4. The van der Waals surface area contributed by atoms with Gasteiger partial charge in [0, 0.05) is 12.5 Å². The predicted octanol–water partition coefficient (Wildman–Crippen LogP) is 2.30. The van der Waals surface area contributed by atoms with Gasteiger partial charge in [-0.3, -0.25) is 0 Å². The Morgan fingerprint density at radius 2 is 1.95 bits per heavy atom. The Labute approximate surface area is 120 Å². The zero-order valence-electron chi connectivity index (χ0n) is 12.3. The molecule has 1 heterocycles. The number of hydrogen-bond acceptors (Lipinski definition) is 4. The molecule has 1 aliphatic rings. The first kappa shape index (κ1) is 15.1. The Kier molecular flexibility index (Phi) is 5.26. The monoisotopic (exact) mass is 279 g/mol. The van der Waals surface area contributed by atoms with Crippen molar-refractivity contribution in [1.29, 1.82) is 0 Å². The summed E-state index contributed by atoms with van der Waals surface area (Å²) in [6.45, 7) is 5.79. The minimum atomic E-state index is -0.428. The third-order valence-corrected chi connectivity index (χ3v) is 3.99. The van der Waals surface area contributed by atoms with Gasteiger partial charge in [0.15, 0.2) is 11.5 Å². The molecule has 0 saturated heterocycles. The molecule has 0 radical (unpaired) electrons. The summed E-state index contributed by atoms with van der Waals surface area (Å²) >= 11 is 0. The zero-order valence-corrected chi connectivity index (χ0v) is 12.3. The lowest BCUT2D eigenvalue weighted by Gasteiger charge is -2.28. The van der Waals surface area contributed by atoms with Gasteiger partial charge >= 0.3 is 0 Å². The number of nitrogens with two attached hydrogens (primary N) is 1. The predicted molar refractivity (Wildman–Crippen MR) is 79.3 cm³/mol. The molecular formula is C16H25NO3. The van der Waals surface area contributed by atoms with Gasteiger partial charge in [-0.1, -0.05) is 26.3 Å². The smallest absolute Gasteiger partial charge is 0.161 e. The van der Waals surface area contributed by atoms with Gasteiger partial charge in [0.25, 0.3) is 0 Å². The number of rotatable bonds is 6. The van der Waals surface area contributed by atoms with E-state index in [2.05, 4.69) is 13.8 Å². The van der Waals surface area contributed by atoms with E-state index >= 15 is 0 Å². The topological polar surface area (TPSA) is 64.7 Å². The summed E-state index contributed by atoms with van der Waals surface area (Å²) in [6.07, 6.45) is 1.64. The molecule has 1 aromatic rings. The quantitative estimate of drug-likeness (QED) is 0.838. The first-order valence-corrected chi connectivity index (χ1v) is 7.45. The molecule has 0 spiro atoms. The molecular weight excluding hydrogens is 254 g/mol. The van der Waals surface area contributed by atoms with Gasteiger partial charge in [0.2, 0.25) is 0 Å². The van der Waals surface area contributed by atoms with Gasteiger partial charge in [-0.2, -0.15) is 0 Å². The molecule has 0 amide bonds. The third-order valence-electron chi connectivity index (χ3n) is 3.99. The van der Waals surface area contributed by atoms with Crippen molar-refractivity contribution in [2.24, 2.45) is 11.7 Å². The van der Waals surface area contributed by atoms with E-state index in [1.807, 2.05) is 18.2 Å². The Bertz CT molecular complexity index is 436. The fourth-order valence-corrected chi connectivity index (χ4v) is 2.79. The summed E-state index contributed by atoms with van der Waals surface area (Å²) < 4.78 is 11.1. The van der Waals surface area contributed by atoms with E-state index in [-0.39, 0.29) is 11.8 Å². The van der Waals surface area contributed by atoms with Gasteiger partial charge in [-0.25, -0.2) is 0 Å². The van der Waals surface area contributed by atoms with Crippen LogP contribution in [0.4, 0.5) is 0 Å². The summed E-state index contributed by atoms with van der Waals surface area (Å²) in [4.78, 5) is 0. The van der Waals surface area contributed by atoms with Crippen LogP contribution in [0, 0.1) is 5.92 Å². The third kappa shape index (κ3) is 3.25. The maximum Gasteiger partial charge on any atom is 0.161 e. The molecule has 3 atom stereocenters. The molecule has 0 aliphatic carbocycles. The highest BCUT2D eigenvalue weighted by molar-refractivity contribution is 5.45. The molecule has 4 nitrogen and oxygen atoms in total. The molecule has 20 heavy (non-hydrogen) atoms. The van der Waals surface area contributed by atoms with Crippen LogP contribution in [0.15, 0.2) is 18.2 Å². The summed E-state index contributed by atoms with van der Waals surface area (Å²) in [6, 6.07) is 5.84. The number of fused-ring (bicyclic) bond motifs is 1. The molecule has 2 rings (SSSR count). The van der Waals surface area contributed by atoms with E-state index in [1.165, 1.54) is 0 Å². The molecule has 3 unspecified atom stereocenters. The number of ether oxygens (including phenoxy) is 2. The second kappa shape index (κ2) is 6.95. The van der Waals surface area contributed by atoms with Crippen molar-refractivity contribution >= 4 is 0 Å². The Morgan fingerprint density at radius 3 is 2.60 bits per heavy atom. The van der Waals surface area contributed by atoms with Gasteiger partial charge in [-0.05, 0) is 30.0 Å². The lowest BCUT2D eigenvalue weighted by Crippen LogP contribution is -2.31. The highest BCUT2D eigenvalue weighted by atomic mass is 16.6. The average molecular weight is 279 g/mol. The highest BCUT2D eigenvalue weighted by Crippen LogP contribution is 2.35. The maximum atomic E-state index is 10.5. The molecule has 0 bridgehead atoms. The lowest BCUT2D eigenvalue weighted by atomic mass is 9.84. The molecule has 4 heteroatoms. The van der Waals surface area contributed by atoms with Gasteiger partial charge in [0.1, 0.15) is 13.2 Å². The molecule has 3 N–H and O–H groups in total. The fourth-order valence-electron chi connectivity index (χ4n) is 2.79. The Morgan fingerprint density at radius 1 is 1.25 bits per heavy atom. The van der Waals surface area contributed by atoms with E-state index in [4.69, 9.17) is 15.2 Å². The van der Waals surface area contributed by atoms with Crippen molar-refractivity contribution in [3.05, 3.63) is 23.8 Å². The largest absolute Gasteiger partial charge is 0.486 e. The van der Waals surface area contributed by atoms with Crippen LogP contribution in [-0.4, -0.2) is 31.0 Å². The second-order valence-corrected chi connectivity index (χ2v) is 5.50. The molecule has 0 saturated carbocycles. The highest BCUT2D eigenvalue weighted by Gasteiger charge is 2.26. The van der Waals surface area contributed by atoms with Crippen LogP contribution in [-0.2, 0) is 0 Å². The average Bonchev–Trinajstić information content (AvgIpc) is 2.48. The fraction of sp³-hybridized carbons (Fsp3) is 0.625. The van der Waals surface area contributed by atoms with E-state index in [0.717, 1.165) is 29.9 Å². The second-order valence-electron chi connectivity index (χ2n) is 5.50. The van der Waals surface area contributed by atoms with E-state index < -0.39 is 6.10 Å². The first-order valence-electron chi connectivity index (χ1n) is 7.45. The van der Waals surface area contributed by atoms with Crippen LogP contribution in [0.1, 0.15) is 38.2 Å². The van der Waals surface area contributed by atoms with Gasteiger partial charge < -0.3 is 20.3 Å². The summed E-state index contributed by atoms with van der Waals surface area (Å²) in [5.74, 6) is 1.70. The standard InChI is InChI=1S/C16H25NO3/c1-3-4-11(2)16(18)13(10-17)12-5-6-14-15(9-12)20-8-7-19-14/h5-6,9,11,13,16,18H,3-4,7-8,10,17H2,1-2H3. The number of hydrogen-bond donors (Lipinski definition) is 2. The summed E-state index contributed by atoms with van der Waals surface area (Å²) in [5, 5.41) is 10.5. The van der Waals surface area contributed by atoms with Crippen molar-refractivity contribution in [2.45, 2.75) is 38.7 Å². The van der Waals surface area contributed by atoms with Crippen molar-refractivity contribution < 1.29 is 14.6 Å². The van der Waals surface area contributed by atoms with Crippen LogP contribution in [0.5, 0.6) is 11.5 Å². The summed E-state index contributed by atoms with van der Waals surface area (Å²) in [5.41, 5.74) is 6.90. The van der Waals surface area contributed by atoms with Crippen molar-refractivity contribution in [1.82, 2.24) is 0 Å². The molecule has 1 aliphatic heterocycles. The minimum Gasteiger partial charge on any atom is -0.486 e. The molecule has 1 aromatic carbocycles. The van der Waals surface area contributed by atoms with E-state index in [1.54, 1.807) is 0 Å². The van der Waals surface area contributed by atoms with Gasteiger partial charge in [-0.15, -0.1) is 0 Å². The van der Waals surface area contributed by atoms with Gasteiger partial charge in [0.05, 0.1) is 6.10 Å². The van der Waals surface area contributed by atoms with E-state index in [0.29, 0.717) is 19.8 Å². The maximum absolute atomic E-state index is 10.5. The van der Waals surface area contributed by atoms with Crippen LogP contribution in [0.2, 0.25) is 0 Å². The number of aliphatic hydroxyl groups excluding tert-OH is 1. The van der Waals surface area contributed by atoms with Crippen LogP contribution in [0.3, 0.4) is 0 Å². The SMILES string of the molecule is CCCC(C)C(O)C(CN)c1ccc2c(c1)OCCO2. The Balaban J connectivity index is 2.18.